The van der Waals surface area contributed by atoms with Crippen LogP contribution in [0.3, 0.4) is 0 Å². The van der Waals surface area contributed by atoms with Crippen molar-refractivity contribution in [3.05, 3.63) is 35.4 Å². The third-order valence-corrected chi connectivity index (χ3v) is 9.49. The minimum atomic E-state index is -3.67. The Morgan fingerprint density at radius 3 is 2.62 bits per heavy atom. The maximum atomic E-state index is 13.9. The number of aliphatic imine (C=N–C) groups is 1. The van der Waals surface area contributed by atoms with Crippen molar-refractivity contribution in [3.63, 3.8) is 0 Å². The van der Waals surface area contributed by atoms with Crippen molar-refractivity contribution in [1.82, 2.24) is 24.7 Å². The molecule has 0 aromatic heterocycles. The summed E-state index contributed by atoms with van der Waals surface area (Å²) in [5.74, 6) is -2.26. The van der Waals surface area contributed by atoms with Gasteiger partial charge < -0.3 is 20.4 Å². The molecule has 2 amide bonds. The van der Waals surface area contributed by atoms with Crippen molar-refractivity contribution >= 4 is 28.2 Å². The monoisotopic (exact) mass is 568 g/mol. The van der Waals surface area contributed by atoms with Crippen molar-refractivity contribution in [3.8, 4) is 0 Å². The number of amides is 2. The summed E-state index contributed by atoms with van der Waals surface area (Å²) in [6, 6.07) is 2.42. The van der Waals surface area contributed by atoms with Crippen LogP contribution >= 0.6 is 0 Å². The number of piperazine rings is 1. The highest BCUT2D eigenvalue weighted by atomic mass is 32.2. The normalized spacial score (nSPS) is 24.9. The third-order valence-electron chi connectivity index (χ3n) is 7.48. The summed E-state index contributed by atoms with van der Waals surface area (Å²) in [4.78, 5) is 33.2. The SMILES string of the molecule is CCCCN1CC(C(=O)NC(Cc2cc(F)cc(F)c2)C[C@H]2CN(S(=O)(=O)C3CN(C)C=N3)CCN2)CC1=O. The second-order valence-electron chi connectivity index (χ2n) is 10.7. The van der Waals surface area contributed by atoms with E-state index in [1.165, 1.54) is 22.8 Å². The first-order chi connectivity index (χ1) is 18.5. The Labute approximate surface area is 228 Å². The van der Waals surface area contributed by atoms with Crippen LogP contribution in [0.2, 0.25) is 0 Å². The molecule has 0 saturated carbocycles. The molecule has 10 nitrogen and oxygen atoms in total. The molecule has 1 aromatic rings. The van der Waals surface area contributed by atoms with Gasteiger partial charge >= 0.3 is 0 Å². The molecular formula is C26H38F2N6O4S. The largest absolute Gasteiger partial charge is 0.363 e. The summed E-state index contributed by atoms with van der Waals surface area (Å²) in [5, 5.41) is 5.47. The lowest BCUT2D eigenvalue weighted by Crippen LogP contribution is -2.56. The fourth-order valence-electron chi connectivity index (χ4n) is 5.44. The zero-order chi connectivity index (χ0) is 28.2. The van der Waals surface area contributed by atoms with Crippen LogP contribution in [0.25, 0.3) is 0 Å². The van der Waals surface area contributed by atoms with E-state index in [0.29, 0.717) is 38.2 Å². The van der Waals surface area contributed by atoms with Crippen LogP contribution in [0.15, 0.2) is 23.2 Å². The number of likely N-dealkylation sites (tertiary alicyclic amines) is 1. The number of rotatable bonds is 11. The Balaban J connectivity index is 1.45. The number of nitrogens with zero attached hydrogens (tertiary/aromatic N) is 4. The summed E-state index contributed by atoms with van der Waals surface area (Å²) in [7, 11) is -1.90. The van der Waals surface area contributed by atoms with E-state index in [2.05, 4.69) is 15.6 Å². The standard InChI is InChI=1S/C26H38F2N6O4S/c1-3-4-6-33-14-19(11-25(33)35)26(36)31-22(10-18-8-20(27)12-21(28)9-18)13-23-15-34(7-5-29-23)39(37,38)24-16-32(2)17-30-24/h8-9,12,17,19,22-24,29H,3-7,10-11,13-16H2,1-2H3,(H,31,36)/t19?,22?,23-,24?/m0/s1. The topological polar surface area (TPSA) is 114 Å². The van der Waals surface area contributed by atoms with Gasteiger partial charge in [-0.2, -0.15) is 4.31 Å². The molecule has 2 N–H and O–H groups in total. The second kappa shape index (κ2) is 12.7. The predicted molar refractivity (Wildman–Crippen MR) is 143 cm³/mol. The molecule has 3 unspecified atom stereocenters. The van der Waals surface area contributed by atoms with E-state index in [4.69, 9.17) is 0 Å². The van der Waals surface area contributed by atoms with Gasteiger partial charge in [0.25, 0.3) is 0 Å². The van der Waals surface area contributed by atoms with Crippen LogP contribution in [0.5, 0.6) is 0 Å². The highest BCUT2D eigenvalue weighted by molar-refractivity contribution is 7.89. The van der Waals surface area contributed by atoms with Gasteiger partial charge in [0.15, 0.2) is 5.37 Å². The zero-order valence-electron chi connectivity index (χ0n) is 22.5. The summed E-state index contributed by atoms with van der Waals surface area (Å²) in [5.41, 5.74) is 0.383. The van der Waals surface area contributed by atoms with Gasteiger partial charge in [-0.25, -0.2) is 17.2 Å². The quantitative estimate of drug-likeness (QED) is 0.411. The fourth-order valence-corrected chi connectivity index (χ4v) is 7.15. The molecule has 1 aromatic carbocycles. The van der Waals surface area contributed by atoms with Gasteiger partial charge in [0.1, 0.15) is 11.6 Å². The summed E-state index contributed by atoms with van der Waals surface area (Å²) >= 11 is 0. The molecule has 4 atom stereocenters. The van der Waals surface area contributed by atoms with Crippen LogP contribution in [-0.4, -0.2) is 104 Å². The van der Waals surface area contributed by atoms with Crippen molar-refractivity contribution in [1.29, 1.82) is 0 Å². The fraction of sp³-hybridized carbons (Fsp3) is 0.654. The molecule has 0 aliphatic carbocycles. The van der Waals surface area contributed by atoms with Gasteiger partial charge in [0.05, 0.1) is 18.8 Å². The molecule has 0 radical (unpaired) electrons. The number of halogens is 2. The number of sulfonamides is 1. The minimum Gasteiger partial charge on any atom is -0.363 e. The minimum absolute atomic E-state index is 0.0534. The third kappa shape index (κ3) is 7.52. The number of unbranched alkanes of at least 4 members (excludes halogenated alkanes) is 1. The van der Waals surface area contributed by atoms with E-state index in [0.717, 1.165) is 18.9 Å². The summed E-state index contributed by atoms with van der Waals surface area (Å²) in [6.45, 7) is 4.20. The number of likely N-dealkylation sites (N-methyl/N-ethyl adjacent to an activating group) is 1. The number of nitrogens with one attached hydrogen (secondary N) is 2. The van der Waals surface area contributed by atoms with Gasteiger partial charge in [0, 0.05) is 64.3 Å². The van der Waals surface area contributed by atoms with E-state index < -0.39 is 39.0 Å². The molecule has 13 heteroatoms. The lowest BCUT2D eigenvalue weighted by Gasteiger charge is -2.36. The summed E-state index contributed by atoms with van der Waals surface area (Å²) in [6.07, 6.45) is 3.94. The second-order valence-corrected chi connectivity index (χ2v) is 12.8. The van der Waals surface area contributed by atoms with Crippen LogP contribution in [0.1, 0.15) is 38.2 Å². The van der Waals surface area contributed by atoms with E-state index in [-0.39, 0.29) is 43.8 Å². The van der Waals surface area contributed by atoms with Gasteiger partial charge in [-0.15, -0.1) is 0 Å². The van der Waals surface area contributed by atoms with E-state index in [1.54, 1.807) is 16.8 Å². The highest BCUT2D eigenvalue weighted by Gasteiger charge is 2.38. The van der Waals surface area contributed by atoms with Gasteiger partial charge in [0.2, 0.25) is 21.8 Å². The highest BCUT2D eigenvalue weighted by Crippen LogP contribution is 2.22. The first kappa shape index (κ1) is 29.3. The van der Waals surface area contributed by atoms with Crippen LogP contribution in [0, 0.1) is 17.6 Å². The Morgan fingerprint density at radius 1 is 1.21 bits per heavy atom. The molecule has 216 valence electrons. The molecule has 39 heavy (non-hydrogen) atoms. The Hall–Kier alpha value is -2.64. The molecule has 4 rings (SSSR count). The smallest absolute Gasteiger partial charge is 0.239 e. The number of hydrogen-bond acceptors (Lipinski definition) is 7. The zero-order valence-corrected chi connectivity index (χ0v) is 23.3. The average molecular weight is 569 g/mol. The molecule has 0 spiro atoms. The summed E-state index contributed by atoms with van der Waals surface area (Å²) < 4.78 is 55.6. The molecular weight excluding hydrogens is 530 g/mol. The van der Waals surface area contributed by atoms with Crippen LogP contribution in [-0.2, 0) is 26.0 Å². The van der Waals surface area contributed by atoms with Crippen LogP contribution < -0.4 is 10.6 Å². The molecule has 3 heterocycles. The number of carbonyl (C=O) groups is 2. The Kier molecular flexibility index (Phi) is 9.55. The van der Waals surface area contributed by atoms with Gasteiger partial charge in [-0.3, -0.25) is 14.6 Å². The van der Waals surface area contributed by atoms with Crippen molar-refractivity contribution in [2.75, 3.05) is 46.3 Å². The molecule has 3 aliphatic rings. The molecule has 0 bridgehead atoms. The van der Waals surface area contributed by atoms with E-state index >= 15 is 0 Å². The first-order valence-corrected chi connectivity index (χ1v) is 15.0. The number of carbonyl (C=O) groups excluding carboxylic acids is 2. The molecule has 2 saturated heterocycles. The lowest BCUT2D eigenvalue weighted by molar-refractivity contribution is -0.129. The van der Waals surface area contributed by atoms with Crippen LogP contribution in [0.4, 0.5) is 8.78 Å². The molecule has 3 aliphatic heterocycles. The predicted octanol–water partition coefficient (Wildman–Crippen LogP) is 0.934. The molecule has 2 fully saturated rings. The van der Waals surface area contributed by atoms with Gasteiger partial charge in [-0.05, 0) is 37.0 Å². The maximum absolute atomic E-state index is 13.9. The number of hydrogen-bond donors (Lipinski definition) is 2. The van der Waals surface area contributed by atoms with Crippen molar-refractivity contribution < 1.29 is 26.8 Å². The number of benzene rings is 1. The van der Waals surface area contributed by atoms with E-state index in [1.807, 2.05) is 6.92 Å². The Morgan fingerprint density at radius 2 is 1.95 bits per heavy atom. The average Bonchev–Trinajstić information content (AvgIpc) is 3.48. The first-order valence-electron chi connectivity index (χ1n) is 13.5. The Bertz CT molecular complexity index is 1160. The maximum Gasteiger partial charge on any atom is 0.239 e. The van der Waals surface area contributed by atoms with Crippen molar-refractivity contribution in [2.24, 2.45) is 10.9 Å². The van der Waals surface area contributed by atoms with Crippen molar-refractivity contribution in [2.45, 2.75) is 56.5 Å². The van der Waals surface area contributed by atoms with E-state index in [9.17, 15) is 26.8 Å². The van der Waals surface area contributed by atoms with Gasteiger partial charge in [-0.1, -0.05) is 13.3 Å². The lowest BCUT2D eigenvalue weighted by atomic mass is 9.97.